The molecule has 0 bridgehead atoms. The van der Waals surface area contributed by atoms with Gasteiger partial charge in [0.05, 0.1) is 37.0 Å². The van der Waals surface area contributed by atoms with Crippen LogP contribution in [0.3, 0.4) is 0 Å². The average molecular weight is 571 g/mol. The Morgan fingerprint density at radius 3 is 2.05 bits per heavy atom. The molecule has 1 aromatic rings. The number of benzene rings is 1. The highest BCUT2D eigenvalue weighted by Gasteiger charge is 2.26. The number of carbonyl (C=O) groups excluding carboxylic acids is 2. The highest BCUT2D eigenvalue weighted by Crippen LogP contribution is 2.18. The molecule has 220 valence electrons. The van der Waals surface area contributed by atoms with Crippen LogP contribution in [0, 0.1) is 5.92 Å². The third kappa shape index (κ3) is 14.0. The zero-order chi connectivity index (χ0) is 29.6. The van der Waals surface area contributed by atoms with Crippen molar-refractivity contribution in [3.05, 3.63) is 36.4 Å². The van der Waals surface area contributed by atoms with Crippen LogP contribution in [0.4, 0.5) is 4.79 Å². The van der Waals surface area contributed by atoms with Crippen molar-refractivity contribution in [3.63, 3.8) is 0 Å². The number of alkyl carbamates (subject to hydrolysis) is 1. The molecule has 39 heavy (non-hydrogen) atoms. The lowest BCUT2D eigenvalue weighted by Crippen LogP contribution is -2.47. The Labute approximate surface area is 231 Å². The molecule has 0 saturated carbocycles. The first-order chi connectivity index (χ1) is 18.1. The van der Waals surface area contributed by atoms with E-state index >= 15 is 0 Å². The molecule has 1 rings (SSSR count). The van der Waals surface area contributed by atoms with Gasteiger partial charge in [-0.2, -0.15) is 0 Å². The van der Waals surface area contributed by atoms with Crippen LogP contribution < -0.4 is 15.8 Å². The second-order valence-corrected chi connectivity index (χ2v) is 11.5. The summed E-state index contributed by atoms with van der Waals surface area (Å²) in [5.41, 5.74) is 0.305. The first kappa shape index (κ1) is 34.0. The third-order valence-corrected chi connectivity index (χ3v) is 5.89. The number of primary sulfonamides is 1. The molecule has 0 unspecified atom stereocenters. The van der Waals surface area contributed by atoms with E-state index in [9.17, 15) is 18.0 Å². The summed E-state index contributed by atoms with van der Waals surface area (Å²) in [6.07, 6.45) is -0.494. The van der Waals surface area contributed by atoms with Crippen LogP contribution in [-0.4, -0.2) is 83.6 Å². The zero-order valence-electron chi connectivity index (χ0n) is 23.6. The first-order valence-electron chi connectivity index (χ1n) is 12.5. The first-order valence-corrected chi connectivity index (χ1v) is 14.0. The van der Waals surface area contributed by atoms with Gasteiger partial charge >= 0.3 is 6.09 Å². The van der Waals surface area contributed by atoms with Gasteiger partial charge in [0.15, 0.2) is 0 Å². The number of hydrogen-bond acceptors (Lipinski definition) is 9. The summed E-state index contributed by atoms with van der Waals surface area (Å²) in [6, 6.07) is 5.18. The summed E-state index contributed by atoms with van der Waals surface area (Å²) < 4.78 is 38.8. The minimum Gasteiger partial charge on any atom is -0.444 e. The van der Waals surface area contributed by atoms with E-state index < -0.39 is 27.8 Å². The number of nitrogens with one attached hydrogen (secondary N) is 2. The molecule has 0 saturated heterocycles. The number of rotatable bonds is 16. The molecule has 0 aromatic heterocycles. The number of carbonyl (C=O) groups is 2. The van der Waals surface area contributed by atoms with Crippen LogP contribution in [-0.2, 0) is 29.0 Å². The van der Waals surface area contributed by atoms with Crippen molar-refractivity contribution in [1.29, 1.82) is 0 Å². The van der Waals surface area contributed by atoms with Gasteiger partial charge in [-0.3, -0.25) is 9.80 Å². The quantitative estimate of drug-likeness (QED) is 0.154. The monoisotopic (exact) mass is 570 g/mol. The fraction of sp³-hybridized carbons (Fsp3) is 0.600. The molecule has 2 amide bonds. The van der Waals surface area contributed by atoms with E-state index in [-0.39, 0.29) is 16.7 Å². The van der Waals surface area contributed by atoms with Crippen molar-refractivity contribution >= 4 is 27.7 Å². The number of sulfonamides is 1. The fourth-order valence-corrected chi connectivity index (χ4v) is 3.71. The van der Waals surface area contributed by atoms with Crippen molar-refractivity contribution in [2.24, 2.45) is 21.4 Å². The normalized spacial score (nSPS) is 12.8. The second kappa shape index (κ2) is 16.1. The van der Waals surface area contributed by atoms with Crippen LogP contribution in [0.5, 0.6) is 0 Å². The fourth-order valence-electron chi connectivity index (χ4n) is 3.19. The standard InChI is InChI=1S/C25H42N6O7S/c1-18(2)22(31(7)30-29-19(3)20-8-10-21(11-9-20)39(26,34)35)23(32)27-12-14-36-16-17-37-15-13-28-24(33)38-25(4,5)6/h8-11,18,22H,3,12-17H2,1-2,4-7H3,(H,27,32)(H,28,33)(H2,26,34,35)/t22-/m0/s1. The minimum absolute atomic E-state index is 0.0197. The smallest absolute Gasteiger partial charge is 0.407 e. The largest absolute Gasteiger partial charge is 0.444 e. The molecule has 0 fully saturated rings. The van der Waals surface area contributed by atoms with Crippen molar-refractivity contribution in [2.75, 3.05) is 46.6 Å². The third-order valence-electron chi connectivity index (χ3n) is 4.96. The predicted molar refractivity (Wildman–Crippen MR) is 147 cm³/mol. The Balaban J connectivity index is 2.36. The van der Waals surface area contributed by atoms with Crippen molar-refractivity contribution in [1.82, 2.24) is 15.6 Å². The van der Waals surface area contributed by atoms with Crippen molar-refractivity contribution < 1.29 is 32.2 Å². The van der Waals surface area contributed by atoms with Gasteiger partial charge in [-0.05, 0) is 38.8 Å². The molecule has 0 spiro atoms. The van der Waals surface area contributed by atoms with E-state index in [1.54, 1.807) is 27.8 Å². The molecule has 4 N–H and O–H groups in total. The van der Waals surface area contributed by atoms with E-state index in [2.05, 4.69) is 27.6 Å². The Bertz CT molecular complexity index is 1070. The minimum atomic E-state index is -3.79. The van der Waals surface area contributed by atoms with Gasteiger partial charge in [0.25, 0.3) is 0 Å². The maximum absolute atomic E-state index is 12.8. The van der Waals surface area contributed by atoms with E-state index in [0.717, 1.165) is 0 Å². The number of nitrogens with two attached hydrogens (primary N) is 1. The van der Waals surface area contributed by atoms with E-state index in [0.29, 0.717) is 50.8 Å². The number of amides is 2. The molecule has 0 aliphatic rings. The summed E-state index contributed by atoms with van der Waals surface area (Å²) in [7, 11) is -2.16. The zero-order valence-corrected chi connectivity index (χ0v) is 24.4. The molecule has 14 heteroatoms. The summed E-state index contributed by atoms with van der Waals surface area (Å²) in [5.74, 6) is -0.303. The highest BCUT2D eigenvalue weighted by atomic mass is 32.2. The van der Waals surface area contributed by atoms with Crippen LogP contribution in [0.25, 0.3) is 5.70 Å². The van der Waals surface area contributed by atoms with Crippen molar-refractivity contribution in [3.8, 4) is 0 Å². The second-order valence-electron chi connectivity index (χ2n) is 9.91. The Morgan fingerprint density at radius 1 is 1.03 bits per heavy atom. The number of likely N-dealkylation sites (N-methyl/N-ethyl adjacent to an activating group) is 1. The summed E-state index contributed by atoms with van der Waals surface area (Å²) in [4.78, 5) is 24.3. The topological polar surface area (TPSA) is 174 Å². The van der Waals surface area contributed by atoms with Crippen LogP contribution in [0.15, 0.2) is 46.1 Å². The van der Waals surface area contributed by atoms with Crippen molar-refractivity contribution in [2.45, 2.75) is 51.2 Å². The lowest BCUT2D eigenvalue weighted by molar-refractivity contribution is -0.127. The van der Waals surface area contributed by atoms with Crippen LogP contribution in [0.2, 0.25) is 0 Å². The molecule has 0 aliphatic heterocycles. The van der Waals surface area contributed by atoms with Gasteiger partial charge in [-0.25, -0.2) is 18.4 Å². The Kier molecular flexibility index (Phi) is 14.0. The Hall–Kier alpha value is -3.07. The maximum atomic E-state index is 12.8. The van der Waals surface area contributed by atoms with Gasteiger partial charge in [0, 0.05) is 25.7 Å². The molecular weight excluding hydrogens is 528 g/mol. The van der Waals surface area contributed by atoms with E-state index in [1.165, 1.54) is 29.3 Å². The van der Waals surface area contributed by atoms with Crippen LogP contribution in [0.1, 0.15) is 40.2 Å². The van der Waals surface area contributed by atoms with Gasteiger partial charge in [0.1, 0.15) is 11.6 Å². The molecule has 0 heterocycles. The van der Waals surface area contributed by atoms with Gasteiger partial charge in [-0.15, -0.1) is 5.11 Å². The van der Waals surface area contributed by atoms with Gasteiger partial charge in [-0.1, -0.05) is 37.8 Å². The number of hydrogen-bond donors (Lipinski definition) is 3. The molecule has 1 aromatic carbocycles. The summed E-state index contributed by atoms with van der Waals surface area (Å²) in [6.45, 7) is 14.9. The highest BCUT2D eigenvalue weighted by molar-refractivity contribution is 7.89. The summed E-state index contributed by atoms with van der Waals surface area (Å²) >= 11 is 0. The van der Waals surface area contributed by atoms with E-state index in [1.807, 2.05) is 13.8 Å². The molecule has 13 nitrogen and oxygen atoms in total. The van der Waals surface area contributed by atoms with Crippen LogP contribution >= 0.6 is 0 Å². The lowest BCUT2D eigenvalue weighted by atomic mass is 10.0. The predicted octanol–water partition coefficient (Wildman–Crippen LogP) is 2.30. The maximum Gasteiger partial charge on any atom is 0.407 e. The molecule has 0 aliphatic carbocycles. The summed E-state index contributed by atoms with van der Waals surface area (Å²) in [5, 5.41) is 20.2. The number of ether oxygens (including phenoxy) is 3. The van der Waals surface area contributed by atoms with Gasteiger partial charge in [0.2, 0.25) is 15.9 Å². The average Bonchev–Trinajstić information content (AvgIpc) is 2.82. The molecule has 1 atom stereocenters. The number of nitrogens with zero attached hydrogens (tertiary/aromatic N) is 3. The Morgan fingerprint density at radius 2 is 1.56 bits per heavy atom. The lowest BCUT2D eigenvalue weighted by Gasteiger charge is -2.26. The van der Waals surface area contributed by atoms with Gasteiger partial charge < -0.3 is 24.8 Å². The molecular formula is C25H42N6O7S. The molecule has 0 radical (unpaired) electrons. The SMILES string of the molecule is C=C(N=NN(C)[C@H](C(=O)NCCOCCOCCNC(=O)OC(C)(C)C)C(C)C)c1ccc(S(N)(=O)=O)cc1. The van der Waals surface area contributed by atoms with E-state index in [4.69, 9.17) is 19.3 Å².